The van der Waals surface area contributed by atoms with Crippen LogP contribution in [-0.4, -0.2) is 54.9 Å². The smallest absolute Gasteiger partial charge is 0.224 e. The third kappa shape index (κ3) is 5.93. The summed E-state index contributed by atoms with van der Waals surface area (Å²) in [5.41, 5.74) is 1.07. The predicted octanol–water partition coefficient (Wildman–Crippen LogP) is 2.34. The van der Waals surface area contributed by atoms with Gasteiger partial charge in [0, 0.05) is 39.5 Å². The van der Waals surface area contributed by atoms with E-state index in [1.807, 2.05) is 38.1 Å². The van der Waals surface area contributed by atoms with Gasteiger partial charge in [0.2, 0.25) is 11.8 Å². The number of para-hydroxylation sites is 1. The zero-order chi connectivity index (χ0) is 17.2. The van der Waals surface area contributed by atoms with Gasteiger partial charge in [-0.05, 0) is 31.9 Å². The summed E-state index contributed by atoms with van der Waals surface area (Å²) in [4.78, 5) is 27.4. The minimum atomic E-state index is -0.00718. The minimum Gasteiger partial charge on any atom is -0.496 e. The normalized spacial score (nSPS) is 10.3. The third-order valence-electron chi connectivity index (χ3n) is 4.00. The van der Waals surface area contributed by atoms with E-state index in [4.69, 9.17) is 4.74 Å². The second-order valence-electron chi connectivity index (χ2n) is 5.38. The van der Waals surface area contributed by atoms with E-state index in [1.54, 1.807) is 23.8 Å². The van der Waals surface area contributed by atoms with Crippen molar-refractivity contribution >= 4 is 11.8 Å². The lowest BCUT2D eigenvalue weighted by molar-refractivity contribution is -0.133. The van der Waals surface area contributed by atoms with Crippen LogP contribution in [0.4, 0.5) is 0 Å². The molecule has 0 aromatic heterocycles. The molecule has 0 N–H and O–H groups in total. The average molecular weight is 320 g/mol. The van der Waals surface area contributed by atoms with Gasteiger partial charge in [-0.25, -0.2) is 0 Å². The van der Waals surface area contributed by atoms with Crippen LogP contribution in [0.15, 0.2) is 24.3 Å². The number of methoxy groups -OCH3 is 1. The average Bonchev–Trinajstić information content (AvgIpc) is 2.55. The van der Waals surface area contributed by atoms with Gasteiger partial charge in [0.25, 0.3) is 0 Å². The molecule has 0 bridgehead atoms. The molecule has 1 rings (SSSR count). The highest BCUT2D eigenvalue weighted by Crippen LogP contribution is 2.18. The van der Waals surface area contributed by atoms with E-state index in [0.29, 0.717) is 39.0 Å². The topological polar surface area (TPSA) is 49.9 Å². The zero-order valence-electron chi connectivity index (χ0n) is 14.7. The monoisotopic (exact) mass is 320 g/mol. The summed E-state index contributed by atoms with van der Waals surface area (Å²) in [5, 5.41) is 0. The Kier molecular flexibility index (Phi) is 8.16. The van der Waals surface area contributed by atoms with E-state index in [-0.39, 0.29) is 11.8 Å². The van der Waals surface area contributed by atoms with Crippen molar-refractivity contribution in [2.45, 2.75) is 33.6 Å². The van der Waals surface area contributed by atoms with Crippen LogP contribution in [0.5, 0.6) is 5.75 Å². The van der Waals surface area contributed by atoms with E-state index < -0.39 is 0 Å². The van der Waals surface area contributed by atoms with Crippen LogP contribution in [0.25, 0.3) is 0 Å². The number of carbonyl (C=O) groups is 2. The Balaban J connectivity index is 2.59. The van der Waals surface area contributed by atoms with Gasteiger partial charge in [-0.2, -0.15) is 0 Å². The molecule has 1 aromatic carbocycles. The van der Waals surface area contributed by atoms with Gasteiger partial charge < -0.3 is 14.5 Å². The zero-order valence-corrected chi connectivity index (χ0v) is 14.7. The van der Waals surface area contributed by atoms with Crippen LogP contribution < -0.4 is 4.74 Å². The van der Waals surface area contributed by atoms with Gasteiger partial charge in [0.1, 0.15) is 5.75 Å². The van der Waals surface area contributed by atoms with Gasteiger partial charge in [-0.1, -0.05) is 18.2 Å². The first-order valence-corrected chi connectivity index (χ1v) is 8.18. The van der Waals surface area contributed by atoms with Crippen LogP contribution >= 0.6 is 0 Å². The maximum Gasteiger partial charge on any atom is 0.224 e. The Bertz CT molecular complexity index is 513. The van der Waals surface area contributed by atoms with Gasteiger partial charge in [0.05, 0.1) is 7.11 Å². The van der Waals surface area contributed by atoms with E-state index in [2.05, 4.69) is 0 Å². The Morgan fingerprint density at radius 1 is 1.04 bits per heavy atom. The van der Waals surface area contributed by atoms with Crippen LogP contribution in [0.2, 0.25) is 0 Å². The van der Waals surface area contributed by atoms with Crippen molar-refractivity contribution in [2.24, 2.45) is 0 Å². The molecule has 5 heteroatoms. The Morgan fingerprint density at radius 3 is 2.26 bits per heavy atom. The van der Waals surface area contributed by atoms with Crippen molar-refractivity contribution in [3.05, 3.63) is 29.8 Å². The third-order valence-corrected chi connectivity index (χ3v) is 4.00. The molecular weight excluding hydrogens is 292 g/mol. The molecule has 0 unspecified atom stereocenters. The van der Waals surface area contributed by atoms with Crippen molar-refractivity contribution in [3.63, 3.8) is 0 Å². The Hall–Kier alpha value is -2.04. The number of ether oxygens (including phenoxy) is 1. The van der Waals surface area contributed by atoms with E-state index in [0.717, 1.165) is 11.3 Å². The first-order chi connectivity index (χ1) is 11.0. The molecule has 128 valence electrons. The molecular formula is C18H28N2O3. The minimum absolute atomic E-state index is 0.00718. The van der Waals surface area contributed by atoms with E-state index in [9.17, 15) is 9.59 Å². The molecule has 23 heavy (non-hydrogen) atoms. The molecule has 0 atom stereocenters. The highest BCUT2D eigenvalue weighted by atomic mass is 16.5. The SMILES string of the molecule is CCN(CC)C(=O)CCN(CCc1ccccc1OC)C(C)=O. The molecule has 0 aliphatic carbocycles. The first kappa shape index (κ1) is 19.0. The lowest BCUT2D eigenvalue weighted by atomic mass is 10.1. The summed E-state index contributed by atoms with van der Waals surface area (Å²) >= 11 is 0. The van der Waals surface area contributed by atoms with Crippen molar-refractivity contribution in [1.29, 1.82) is 0 Å². The number of hydrogen-bond acceptors (Lipinski definition) is 3. The maximum atomic E-state index is 12.1. The fourth-order valence-corrected chi connectivity index (χ4v) is 2.56. The molecule has 0 saturated heterocycles. The summed E-state index contributed by atoms with van der Waals surface area (Å²) in [6.07, 6.45) is 1.08. The number of amides is 2. The van der Waals surface area contributed by atoms with Gasteiger partial charge >= 0.3 is 0 Å². The van der Waals surface area contributed by atoms with Crippen LogP contribution in [-0.2, 0) is 16.0 Å². The molecule has 0 spiro atoms. The molecule has 0 aliphatic rings. The Labute approximate surface area is 139 Å². The number of rotatable bonds is 9. The molecule has 0 fully saturated rings. The molecule has 0 saturated carbocycles. The molecule has 0 aliphatic heterocycles. The summed E-state index contributed by atoms with van der Waals surface area (Å²) in [6.45, 7) is 7.93. The number of carbonyl (C=O) groups excluding carboxylic acids is 2. The Morgan fingerprint density at radius 2 is 1.70 bits per heavy atom. The number of hydrogen-bond donors (Lipinski definition) is 0. The number of benzene rings is 1. The molecule has 5 nitrogen and oxygen atoms in total. The second kappa shape index (κ2) is 9.87. The highest BCUT2D eigenvalue weighted by molar-refractivity contribution is 5.78. The predicted molar refractivity (Wildman–Crippen MR) is 91.5 cm³/mol. The summed E-state index contributed by atoms with van der Waals surface area (Å²) < 4.78 is 5.33. The van der Waals surface area contributed by atoms with Crippen molar-refractivity contribution < 1.29 is 14.3 Å². The van der Waals surface area contributed by atoms with Crippen molar-refractivity contribution in [3.8, 4) is 5.75 Å². The number of nitrogens with zero attached hydrogens (tertiary/aromatic N) is 2. The summed E-state index contributed by atoms with van der Waals surface area (Å²) in [5.74, 6) is 0.918. The van der Waals surface area contributed by atoms with Crippen LogP contribution in [0.1, 0.15) is 32.8 Å². The molecule has 1 aromatic rings. The molecule has 0 heterocycles. The maximum absolute atomic E-state index is 12.1. The van der Waals surface area contributed by atoms with Crippen molar-refractivity contribution in [2.75, 3.05) is 33.3 Å². The summed E-state index contributed by atoms with van der Waals surface area (Å²) in [6, 6.07) is 7.79. The van der Waals surface area contributed by atoms with E-state index in [1.165, 1.54) is 0 Å². The fourth-order valence-electron chi connectivity index (χ4n) is 2.56. The second-order valence-corrected chi connectivity index (χ2v) is 5.38. The lowest BCUT2D eigenvalue weighted by Crippen LogP contribution is -2.37. The van der Waals surface area contributed by atoms with Crippen molar-refractivity contribution in [1.82, 2.24) is 9.80 Å². The molecule has 0 radical (unpaired) electrons. The molecule has 2 amide bonds. The van der Waals surface area contributed by atoms with Crippen LogP contribution in [0.3, 0.4) is 0 Å². The first-order valence-electron chi connectivity index (χ1n) is 8.18. The fraction of sp³-hybridized carbons (Fsp3) is 0.556. The van der Waals surface area contributed by atoms with E-state index >= 15 is 0 Å². The van der Waals surface area contributed by atoms with Crippen LogP contribution in [0, 0.1) is 0 Å². The standard InChI is InChI=1S/C18H28N2O3/c1-5-19(6-2)18(22)12-14-20(15(3)21)13-11-16-9-7-8-10-17(16)23-4/h7-10H,5-6,11-14H2,1-4H3. The van der Waals surface area contributed by atoms with Gasteiger partial charge in [0.15, 0.2) is 0 Å². The summed E-state index contributed by atoms with van der Waals surface area (Å²) in [7, 11) is 1.64. The lowest BCUT2D eigenvalue weighted by Gasteiger charge is -2.24. The van der Waals surface area contributed by atoms with Gasteiger partial charge in [-0.15, -0.1) is 0 Å². The highest BCUT2D eigenvalue weighted by Gasteiger charge is 2.15. The quantitative estimate of drug-likeness (QED) is 0.702. The largest absolute Gasteiger partial charge is 0.496 e. The van der Waals surface area contributed by atoms with Gasteiger partial charge in [-0.3, -0.25) is 9.59 Å².